The molecule has 0 bridgehead atoms. The Morgan fingerprint density at radius 2 is 2.08 bits per heavy atom. The number of hydrogen-bond acceptors (Lipinski definition) is 3. The molecule has 0 saturated carbocycles. The van der Waals surface area contributed by atoms with Gasteiger partial charge < -0.3 is 0 Å². The summed E-state index contributed by atoms with van der Waals surface area (Å²) in [6.07, 6.45) is 0. The number of carbonyl (C=O) groups excluding carboxylic acids is 1. The minimum atomic E-state index is -0.198. The quantitative estimate of drug-likeness (QED) is 0.643. The molecule has 13 heavy (non-hydrogen) atoms. The van der Waals surface area contributed by atoms with E-state index in [1.165, 1.54) is 0 Å². The van der Waals surface area contributed by atoms with Gasteiger partial charge in [-0.25, -0.2) is 0 Å². The van der Waals surface area contributed by atoms with Crippen molar-refractivity contribution in [1.82, 2.24) is 4.90 Å². The fourth-order valence-corrected chi connectivity index (χ4v) is 2.68. The minimum absolute atomic E-state index is 0.138. The first-order valence-electron chi connectivity index (χ1n) is 4.75. The summed E-state index contributed by atoms with van der Waals surface area (Å²) < 4.78 is 0. The molecule has 0 aromatic carbocycles. The van der Waals surface area contributed by atoms with E-state index in [2.05, 4.69) is 4.90 Å². The first kappa shape index (κ1) is 11.1. The zero-order valence-corrected chi connectivity index (χ0v) is 9.78. The highest BCUT2D eigenvalue weighted by molar-refractivity contribution is 7.99. The van der Waals surface area contributed by atoms with Crippen molar-refractivity contribution in [1.29, 1.82) is 0 Å². The number of likely N-dealkylation sites (N-methyl/N-ethyl adjacent to an activating group) is 1. The standard InChI is InChI=1S/C10H19NOS/c1-10(2,3)9(12)8-7-13-6-5-11(8)4/h8H,5-7H2,1-4H3. The molecule has 1 aliphatic heterocycles. The van der Waals surface area contributed by atoms with Crippen LogP contribution < -0.4 is 0 Å². The van der Waals surface area contributed by atoms with Crippen LogP contribution in [0.1, 0.15) is 20.8 Å². The van der Waals surface area contributed by atoms with E-state index in [0.29, 0.717) is 5.78 Å². The Balaban J connectivity index is 2.64. The zero-order chi connectivity index (χ0) is 10.1. The Bertz CT molecular complexity index is 198. The van der Waals surface area contributed by atoms with Gasteiger partial charge in [-0.15, -0.1) is 0 Å². The monoisotopic (exact) mass is 201 g/mol. The summed E-state index contributed by atoms with van der Waals surface area (Å²) in [5.41, 5.74) is -0.198. The Kier molecular flexibility index (Phi) is 3.41. The molecule has 0 aliphatic carbocycles. The van der Waals surface area contributed by atoms with Crippen LogP contribution in [0, 0.1) is 5.41 Å². The fraction of sp³-hybridized carbons (Fsp3) is 0.900. The molecule has 1 heterocycles. The maximum atomic E-state index is 12.0. The van der Waals surface area contributed by atoms with Crippen LogP contribution in [-0.4, -0.2) is 41.8 Å². The predicted octanol–water partition coefficient (Wildman–Crippen LogP) is 1.65. The summed E-state index contributed by atoms with van der Waals surface area (Å²) in [5, 5.41) is 0. The summed E-state index contributed by atoms with van der Waals surface area (Å²) in [6.45, 7) is 7.05. The molecule has 3 heteroatoms. The lowest BCUT2D eigenvalue weighted by Crippen LogP contribution is -2.48. The van der Waals surface area contributed by atoms with Crippen molar-refractivity contribution in [3.8, 4) is 0 Å². The molecular formula is C10H19NOS. The molecule has 1 aliphatic rings. The van der Waals surface area contributed by atoms with Gasteiger partial charge in [0, 0.05) is 23.5 Å². The topological polar surface area (TPSA) is 20.3 Å². The third-order valence-corrected chi connectivity index (χ3v) is 3.46. The van der Waals surface area contributed by atoms with Gasteiger partial charge in [-0.2, -0.15) is 11.8 Å². The number of rotatable bonds is 1. The van der Waals surface area contributed by atoms with E-state index in [4.69, 9.17) is 0 Å². The number of carbonyl (C=O) groups is 1. The van der Waals surface area contributed by atoms with Crippen molar-refractivity contribution in [2.24, 2.45) is 5.41 Å². The van der Waals surface area contributed by atoms with Crippen molar-refractivity contribution in [2.45, 2.75) is 26.8 Å². The van der Waals surface area contributed by atoms with E-state index >= 15 is 0 Å². The number of hydrogen-bond donors (Lipinski definition) is 0. The molecule has 1 unspecified atom stereocenters. The summed E-state index contributed by atoms with van der Waals surface area (Å²) in [6, 6.07) is 0.138. The van der Waals surface area contributed by atoms with Crippen molar-refractivity contribution in [3.63, 3.8) is 0 Å². The van der Waals surface area contributed by atoms with Crippen LogP contribution in [0.4, 0.5) is 0 Å². The van der Waals surface area contributed by atoms with Crippen molar-refractivity contribution in [3.05, 3.63) is 0 Å². The molecular weight excluding hydrogens is 182 g/mol. The molecule has 1 atom stereocenters. The molecule has 0 amide bonds. The average Bonchev–Trinajstić information content (AvgIpc) is 2.02. The lowest BCUT2D eigenvalue weighted by atomic mass is 9.86. The van der Waals surface area contributed by atoms with Gasteiger partial charge in [0.2, 0.25) is 0 Å². The normalized spacial score (nSPS) is 26.0. The highest BCUT2D eigenvalue weighted by Gasteiger charge is 2.33. The average molecular weight is 201 g/mol. The SMILES string of the molecule is CN1CCSCC1C(=O)C(C)(C)C. The van der Waals surface area contributed by atoms with Crippen molar-refractivity contribution < 1.29 is 4.79 Å². The molecule has 0 N–H and O–H groups in total. The highest BCUT2D eigenvalue weighted by Crippen LogP contribution is 2.24. The smallest absolute Gasteiger partial charge is 0.156 e. The largest absolute Gasteiger partial charge is 0.297 e. The van der Waals surface area contributed by atoms with Gasteiger partial charge in [-0.05, 0) is 7.05 Å². The molecule has 1 saturated heterocycles. The molecule has 0 spiro atoms. The number of thioether (sulfide) groups is 1. The van der Waals surface area contributed by atoms with Gasteiger partial charge in [0.1, 0.15) is 0 Å². The predicted molar refractivity (Wildman–Crippen MR) is 58.2 cm³/mol. The summed E-state index contributed by atoms with van der Waals surface area (Å²) >= 11 is 1.89. The third-order valence-electron chi connectivity index (χ3n) is 2.44. The maximum absolute atomic E-state index is 12.0. The maximum Gasteiger partial charge on any atom is 0.156 e. The second kappa shape index (κ2) is 4.01. The zero-order valence-electron chi connectivity index (χ0n) is 8.96. The van der Waals surface area contributed by atoms with Gasteiger partial charge in [0.05, 0.1) is 6.04 Å². The Hall–Kier alpha value is -0.0200. The third kappa shape index (κ3) is 2.71. The highest BCUT2D eigenvalue weighted by atomic mass is 32.2. The molecule has 0 radical (unpaired) electrons. The van der Waals surface area contributed by atoms with E-state index in [1.807, 2.05) is 39.6 Å². The Labute approximate surface area is 85.1 Å². The number of ketones is 1. The lowest BCUT2D eigenvalue weighted by Gasteiger charge is -2.34. The second-order valence-corrected chi connectivity index (χ2v) is 5.84. The van der Waals surface area contributed by atoms with Gasteiger partial charge >= 0.3 is 0 Å². The molecule has 1 fully saturated rings. The molecule has 0 aromatic heterocycles. The van der Waals surface area contributed by atoms with E-state index in [1.54, 1.807) is 0 Å². The van der Waals surface area contributed by atoms with E-state index in [0.717, 1.165) is 18.1 Å². The summed E-state index contributed by atoms with van der Waals surface area (Å²) in [4.78, 5) is 14.2. The Morgan fingerprint density at radius 1 is 1.46 bits per heavy atom. The molecule has 0 aromatic rings. The minimum Gasteiger partial charge on any atom is -0.297 e. The Morgan fingerprint density at radius 3 is 2.54 bits per heavy atom. The van der Waals surface area contributed by atoms with Crippen LogP contribution in [0.5, 0.6) is 0 Å². The van der Waals surface area contributed by atoms with Crippen molar-refractivity contribution in [2.75, 3.05) is 25.1 Å². The molecule has 2 nitrogen and oxygen atoms in total. The van der Waals surface area contributed by atoms with Crippen LogP contribution in [0.25, 0.3) is 0 Å². The number of Topliss-reactive ketones (excluding diaryl/α,β-unsaturated/α-hetero) is 1. The lowest BCUT2D eigenvalue weighted by molar-refractivity contribution is -0.130. The summed E-state index contributed by atoms with van der Waals surface area (Å²) in [7, 11) is 2.05. The van der Waals surface area contributed by atoms with Gasteiger partial charge in [-0.1, -0.05) is 20.8 Å². The van der Waals surface area contributed by atoms with Crippen LogP contribution in [0.2, 0.25) is 0 Å². The van der Waals surface area contributed by atoms with Crippen LogP contribution in [0.3, 0.4) is 0 Å². The van der Waals surface area contributed by atoms with Crippen LogP contribution >= 0.6 is 11.8 Å². The van der Waals surface area contributed by atoms with Gasteiger partial charge in [0.25, 0.3) is 0 Å². The fourth-order valence-electron chi connectivity index (χ4n) is 1.46. The molecule has 76 valence electrons. The van der Waals surface area contributed by atoms with Crippen molar-refractivity contribution >= 4 is 17.5 Å². The second-order valence-electron chi connectivity index (χ2n) is 4.69. The van der Waals surface area contributed by atoms with E-state index in [9.17, 15) is 4.79 Å². The van der Waals surface area contributed by atoms with E-state index in [-0.39, 0.29) is 11.5 Å². The van der Waals surface area contributed by atoms with E-state index < -0.39 is 0 Å². The van der Waals surface area contributed by atoms with Gasteiger partial charge in [0.15, 0.2) is 5.78 Å². The summed E-state index contributed by atoms with van der Waals surface area (Å²) in [5.74, 6) is 2.50. The first-order chi connectivity index (χ1) is 5.93. The van der Waals surface area contributed by atoms with Crippen LogP contribution in [-0.2, 0) is 4.79 Å². The van der Waals surface area contributed by atoms with Gasteiger partial charge in [-0.3, -0.25) is 9.69 Å². The first-order valence-corrected chi connectivity index (χ1v) is 5.90. The number of nitrogens with zero attached hydrogens (tertiary/aromatic N) is 1. The molecule has 1 rings (SSSR count). The van der Waals surface area contributed by atoms with Crippen LogP contribution in [0.15, 0.2) is 0 Å².